The summed E-state index contributed by atoms with van der Waals surface area (Å²) in [5.74, 6) is 1.71. The van der Waals surface area contributed by atoms with E-state index in [2.05, 4.69) is 26.9 Å². The SMILES string of the molecule is CCOc1ccccc1NC(=O)NC(C)c1nnc(SCc2cccc(C)c2)n1-c1ccc([N+](=O)[O-])cc1. The van der Waals surface area contributed by atoms with Crippen molar-refractivity contribution in [3.63, 3.8) is 0 Å². The van der Waals surface area contributed by atoms with Crippen LogP contribution in [0.5, 0.6) is 5.75 Å². The van der Waals surface area contributed by atoms with Gasteiger partial charge in [-0.15, -0.1) is 10.2 Å². The smallest absolute Gasteiger partial charge is 0.319 e. The van der Waals surface area contributed by atoms with Gasteiger partial charge >= 0.3 is 6.03 Å². The third-order valence-corrected chi connectivity index (χ3v) is 6.60. The number of rotatable bonds is 10. The Kier molecular flexibility index (Phi) is 8.59. The van der Waals surface area contributed by atoms with E-state index in [1.54, 1.807) is 31.2 Å². The maximum Gasteiger partial charge on any atom is 0.319 e. The number of ether oxygens (including phenoxy) is 1. The molecule has 0 aliphatic rings. The summed E-state index contributed by atoms with van der Waals surface area (Å²) in [6.45, 7) is 6.18. The van der Waals surface area contributed by atoms with Gasteiger partial charge in [0.2, 0.25) is 0 Å². The van der Waals surface area contributed by atoms with E-state index in [0.717, 1.165) is 11.1 Å². The number of nitro groups is 1. The first-order chi connectivity index (χ1) is 18.4. The van der Waals surface area contributed by atoms with E-state index in [1.807, 2.05) is 48.7 Å². The lowest BCUT2D eigenvalue weighted by atomic mass is 10.2. The van der Waals surface area contributed by atoms with Crippen molar-refractivity contribution in [3.05, 3.63) is 99.9 Å². The standard InChI is InChI=1S/C27H28N6O4S/c1-4-37-24-11-6-5-10-23(24)29-26(34)28-19(3)25-30-31-27(38-17-20-9-7-8-18(2)16-20)32(25)21-12-14-22(15-13-21)33(35)36/h5-16,19H,4,17H2,1-3H3,(H2,28,29,34). The number of hydrogen-bond donors (Lipinski definition) is 2. The van der Waals surface area contributed by atoms with Crippen LogP contribution in [0.25, 0.3) is 5.69 Å². The van der Waals surface area contributed by atoms with Gasteiger partial charge in [-0.25, -0.2) is 4.79 Å². The van der Waals surface area contributed by atoms with Crippen molar-refractivity contribution in [2.24, 2.45) is 0 Å². The minimum absolute atomic E-state index is 0.0177. The molecule has 0 bridgehead atoms. The molecule has 0 fully saturated rings. The summed E-state index contributed by atoms with van der Waals surface area (Å²) in [7, 11) is 0. The molecule has 0 aliphatic heterocycles. The Balaban J connectivity index is 1.59. The topological polar surface area (TPSA) is 124 Å². The van der Waals surface area contributed by atoms with Crippen LogP contribution < -0.4 is 15.4 Å². The molecule has 1 aromatic heterocycles. The number of nitrogens with zero attached hydrogens (tertiary/aromatic N) is 4. The van der Waals surface area contributed by atoms with Crippen LogP contribution in [0, 0.1) is 17.0 Å². The van der Waals surface area contributed by atoms with Crippen LogP contribution in [-0.4, -0.2) is 32.3 Å². The summed E-state index contributed by atoms with van der Waals surface area (Å²) in [4.78, 5) is 23.6. The first kappa shape index (κ1) is 26.7. The molecule has 1 atom stereocenters. The molecule has 0 saturated heterocycles. The normalized spacial score (nSPS) is 11.6. The van der Waals surface area contributed by atoms with Gasteiger partial charge in [0.25, 0.3) is 5.69 Å². The molecule has 1 unspecified atom stereocenters. The second-order valence-corrected chi connectivity index (χ2v) is 9.42. The highest BCUT2D eigenvalue weighted by Gasteiger charge is 2.22. The lowest BCUT2D eigenvalue weighted by Crippen LogP contribution is -2.32. The number of carbonyl (C=O) groups is 1. The number of nitro benzene ring substituents is 1. The van der Waals surface area contributed by atoms with Gasteiger partial charge in [0.1, 0.15) is 5.75 Å². The van der Waals surface area contributed by atoms with Gasteiger partial charge < -0.3 is 15.4 Å². The fourth-order valence-electron chi connectivity index (χ4n) is 3.84. The summed E-state index contributed by atoms with van der Waals surface area (Å²) < 4.78 is 7.39. The summed E-state index contributed by atoms with van der Waals surface area (Å²) in [5.41, 5.74) is 3.47. The van der Waals surface area contributed by atoms with Crippen molar-refractivity contribution in [3.8, 4) is 11.4 Å². The van der Waals surface area contributed by atoms with E-state index < -0.39 is 17.0 Å². The number of nitrogens with one attached hydrogen (secondary N) is 2. The highest BCUT2D eigenvalue weighted by molar-refractivity contribution is 7.98. The number of aromatic nitrogens is 3. The fourth-order valence-corrected chi connectivity index (χ4v) is 4.74. The molecule has 4 rings (SSSR count). The largest absolute Gasteiger partial charge is 0.492 e. The zero-order valence-electron chi connectivity index (χ0n) is 21.2. The monoisotopic (exact) mass is 532 g/mol. The van der Waals surface area contributed by atoms with E-state index in [1.165, 1.54) is 23.9 Å². The van der Waals surface area contributed by atoms with Crippen molar-refractivity contribution in [1.82, 2.24) is 20.1 Å². The molecule has 0 spiro atoms. The fraction of sp³-hybridized carbons (Fsp3) is 0.222. The molecular weight excluding hydrogens is 504 g/mol. The van der Waals surface area contributed by atoms with Gasteiger partial charge in [0.05, 0.1) is 23.3 Å². The molecular formula is C27H28N6O4S. The molecule has 2 N–H and O–H groups in total. The quantitative estimate of drug-likeness (QED) is 0.145. The number of thioether (sulfide) groups is 1. The summed E-state index contributed by atoms with van der Waals surface area (Å²) >= 11 is 1.49. The predicted octanol–water partition coefficient (Wildman–Crippen LogP) is 6.06. The van der Waals surface area contributed by atoms with Crippen LogP contribution in [0.2, 0.25) is 0 Å². The molecule has 11 heteroatoms. The van der Waals surface area contributed by atoms with Crippen LogP contribution in [-0.2, 0) is 5.75 Å². The number of aryl methyl sites for hydroxylation is 1. The lowest BCUT2D eigenvalue weighted by molar-refractivity contribution is -0.384. The number of benzene rings is 3. The molecule has 0 radical (unpaired) electrons. The van der Waals surface area contributed by atoms with E-state index in [4.69, 9.17) is 4.74 Å². The maximum absolute atomic E-state index is 12.9. The Hall–Kier alpha value is -4.38. The van der Waals surface area contributed by atoms with Gasteiger partial charge in [0.15, 0.2) is 11.0 Å². The van der Waals surface area contributed by atoms with Crippen LogP contribution in [0.4, 0.5) is 16.2 Å². The van der Waals surface area contributed by atoms with E-state index in [0.29, 0.717) is 40.5 Å². The van der Waals surface area contributed by atoms with Gasteiger partial charge in [-0.3, -0.25) is 14.7 Å². The average Bonchev–Trinajstić information content (AvgIpc) is 3.33. The second-order valence-electron chi connectivity index (χ2n) is 8.48. The molecule has 4 aromatic rings. The molecule has 3 aromatic carbocycles. The van der Waals surface area contributed by atoms with Crippen molar-refractivity contribution >= 4 is 29.2 Å². The molecule has 196 valence electrons. The minimum atomic E-state index is -0.537. The van der Waals surface area contributed by atoms with Gasteiger partial charge in [0, 0.05) is 23.6 Å². The van der Waals surface area contributed by atoms with Crippen LogP contribution in [0.1, 0.15) is 36.8 Å². The molecule has 2 amide bonds. The Morgan fingerprint density at radius 1 is 1.11 bits per heavy atom. The number of non-ortho nitro benzene ring substituents is 1. The molecule has 38 heavy (non-hydrogen) atoms. The lowest BCUT2D eigenvalue weighted by Gasteiger charge is -2.17. The van der Waals surface area contributed by atoms with Gasteiger partial charge in [-0.05, 0) is 50.6 Å². The summed E-state index contributed by atoms with van der Waals surface area (Å²) in [6, 6.07) is 20.6. The molecule has 10 nitrogen and oxygen atoms in total. The molecule has 1 heterocycles. The van der Waals surface area contributed by atoms with Crippen LogP contribution in [0.3, 0.4) is 0 Å². The number of anilines is 1. The Bertz CT molecular complexity index is 1420. The predicted molar refractivity (Wildman–Crippen MR) is 147 cm³/mol. The van der Waals surface area contributed by atoms with Crippen LogP contribution in [0.15, 0.2) is 78.0 Å². The third kappa shape index (κ3) is 6.48. The van der Waals surface area contributed by atoms with Crippen molar-refractivity contribution in [1.29, 1.82) is 0 Å². The first-order valence-electron chi connectivity index (χ1n) is 12.0. The Morgan fingerprint density at radius 2 is 1.87 bits per heavy atom. The van der Waals surface area contributed by atoms with Crippen molar-refractivity contribution in [2.75, 3.05) is 11.9 Å². The minimum Gasteiger partial charge on any atom is -0.492 e. The summed E-state index contributed by atoms with van der Waals surface area (Å²) in [5, 5.41) is 26.3. The average molecular weight is 533 g/mol. The Morgan fingerprint density at radius 3 is 2.58 bits per heavy atom. The highest BCUT2D eigenvalue weighted by Crippen LogP contribution is 2.29. The number of carbonyl (C=O) groups excluding carboxylic acids is 1. The van der Waals surface area contributed by atoms with Crippen molar-refractivity contribution in [2.45, 2.75) is 37.7 Å². The third-order valence-electron chi connectivity index (χ3n) is 5.60. The number of hydrogen-bond acceptors (Lipinski definition) is 7. The second kappa shape index (κ2) is 12.2. The number of urea groups is 1. The van der Waals surface area contributed by atoms with Crippen molar-refractivity contribution < 1.29 is 14.5 Å². The van der Waals surface area contributed by atoms with Crippen LogP contribution >= 0.6 is 11.8 Å². The van der Waals surface area contributed by atoms with E-state index in [-0.39, 0.29) is 5.69 Å². The van der Waals surface area contributed by atoms with E-state index in [9.17, 15) is 14.9 Å². The number of amides is 2. The maximum atomic E-state index is 12.9. The molecule has 0 saturated carbocycles. The first-order valence-corrected chi connectivity index (χ1v) is 13.0. The Labute approximate surface area is 224 Å². The highest BCUT2D eigenvalue weighted by atomic mass is 32.2. The van der Waals surface area contributed by atoms with Gasteiger partial charge in [-0.2, -0.15) is 0 Å². The zero-order valence-corrected chi connectivity index (χ0v) is 22.1. The molecule has 0 aliphatic carbocycles. The van der Waals surface area contributed by atoms with E-state index >= 15 is 0 Å². The number of para-hydroxylation sites is 2. The van der Waals surface area contributed by atoms with Gasteiger partial charge in [-0.1, -0.05) is 53.7 Å². The zero-order chi connectivity index (χ0) is 27.1. The summed E-state index contributed by atoms with van der Waals surface area (Å²) in [6.07, 6.45) is 0.